The fourth-order valence-electron chi connectivity index (χ4n) is 7.00. The van der Waals surface area contributed by atoms with Crippen LogP contribution >= 0.6 is 0 Å². The third-order valence-corrected chi connectivity index (χ3v) is 9.38. The van der Waals surface area contributed by atoms with Gasteiger partial charge in [0.1, 0.15) is 5.69 Å². The van der Waals surface area contributed by atoms with Crippen LogP contribution in [0.25, 0.3) is 10.9 Å². The van der Waals surface area contributed by atoms with E-state index in [0.717, 1.165) is 54.1 Å². The topological polar surface area (TPSA) is 68.6 Å². The zero-order chi connectivity index (χ0) is 29.1. The van der Waals surface area contributed by atoms with Gasteiger partial charge in [0.15, 0.2) is 5.78 Å². The van der Waals surface area contributed by atoms with Gasteiger partial charge in [-0.1, -0.05) is 43.3 Å². The lowest BCUT2D eigenvalue weighted by atomic mass is 9.76. The first-order valence-electron chi connectivity index (χ1n) is 15.0. The fraction of sp³-hybridized carbons (Fsp3) is 0.500. The van der Waals surface area contributed by atoms with E-state index in [-0.39, 0.29) is 48.5 Å². The average Bonchev–Trinajstić information content (AvgIpc) is 3.58. The van der Waals surface area contributed by atoms with Gasteiger partial charge in [-0.15, -0.1) is 0 Å². The number of ketones is 1. The number of hydrogen-bond donors (Lipinski definition) is 0. The first-order valence-corrected chi connectivity index (χ1v) is 15.0. The van der Waals surface area contributed by atoms with Crippen molar-refractivity contribution in [1.29, 1.82) is 0 Å². The minimum atomic E-state index is -0.519. The lowest BCUT2D eigenvalue weighted by molar-refractivity contribution is -0.142. The normalized spacial score (nSPS) is 23.5. The summed E-state index contributed by atoms with van der Waals surface area (Å²) in [5.74, 6) is -0.0607. The zero-order valence-corrected chi connectivity index (χ0v) is 24.4. The number of aromatic nitrogens is 1. The second kappa shape index (κ2) is 12.6. The molecule has 1 amide bonds. The number of Topliss-reactive ketones (excluding diaryl/α,β-unsaturated/α-hetero) is 1. The number of carbonyl (C=O) groups is 3. The average molecular weight is 561 g/mol. The second-order valence-electron chi connectivity index (χ2n) is 11.9. The number of likely N-dealkylation sites (tertiary alicyclic amines) is 1. The van der Waals surface area contributed by atoms with Crippen LogP contribution in [-0.4, -0.2) is 53.0 Å². The largest absolute Gasteiger partial charge is 0.461 e. The lowest BCUT2D eigenvalue weighted by Gasteiger charge is -2.35. The minimum Gasteiger partial charge on any atom is -0.461 e. The second-order valence-corrected chi connectivity index (χ2v) is 11.9. The Hall–Kier alpha value is -3.48. The SMILES string of the molecule is CCOC(=O)c1cc2cc(CC(=O)[C@@H]3[C@H](c4ccccc4)CCN3C(=O)C3CCC(C(C)CF)CC3)ccc2n1C. The predicted octanol–water partition coefficient (Wildman–Crippen LogP) is 6.26. The molecule has 1 aromatic heterocycles. The molecule has 1 saturated heterocycles. The molecular formula is C34H41FN2O4. The number of carbonyl (C=O) groups excluding carboxylic acids is 3. The molecule has 2 aromatic carbocycles. The van der Waals surface area contributed by atoms with Gasteiger partial charge >= 0.3 is 5.97 Å². The van der Waals surface area contributed by atoms with E-state index < -0.39 is 6.04 Å². The van der Waals surface area contributed by atoms with Crippen LogP contribution in [0.4, 0.5) is 4.39 Å². The molecule has 1 aliphatic heterocycles. The van der Waals surface area contributed by atoms with E-state index >= 15 is 0 Å². The van der Waals surface area contributed by atoms with Gasteiger partial charge in [-0.2, -0.15) is 0 Å². The van der Waals surface area contributed by atoms with Gasteiger partial charge < -0.3 is 14.2 Å². The third-order valence-electron chi connectivity index (χ3n) is 9.38. The quantitative estimate of drug-likeness (QED) is 0.290. The molecule has 1 aliphatic carbocycles. The van der Waals surface area contributed by atoms with Crippen molar-refractivity contribution < 1.29 is 23.5 Å². The Bertz CT molecular complexity index is 1390. The Morgan fingerprint density at radius 2 is 1.73 bits per heavy atom. The first-order chi connectivity index (χ1) is 19.8. The van der Waals surface area contributed by atoms with Crippen molar-refractivity contribution in [2.45, 2.75) is 64.3 Å². The number of benzene rings is 2. The maximum atomic E-state index is 14.1. The van der Waals surface area contributed by atoms with E-state index in [1.807, 2.05) is 59.8 Å². The summed E-state index contributed by atoms with van der Waals surface area (Å²) in [6.07, 6.45) is 4.20. The van der Waals surface area contributed by atoms with Crippen LogP contribution in [-0.2, 0) is 27.8 Å². The summed E-state index contributed by atoms with van der Waals surface area (Å²) in [5.41, 5.74) is 3.30. The smallest absolute Gasteiger partial charge is 0.354 e. The Balaban J connectivity index is 1.37. The van der Waals surface area contributed by atoms with Crippen LogP contribution in [0.1, 0.15) is 73.5 Å². The lowest BCUT2D eigenvalue weighted by Crippen LogP contribution is -2.46. The van der Waals surface area contributed by atoms with E-state index in [9.17, 15) is 18.8 Å². The van der Waals surface area contributed by atoms with E-state index in [0.29, 0.717) is 24.8 Å². The predicted molar refractivity (Wildman–Crippen MR) is 157 cm³/mol. The first kappa shape index (κ1) is 29.0. The van der Waals surface area contributed by atoms with Gasteiger partial charge in [0.05, 0.1) is 19.3 Å². The molecule has 5 rings (SSSR count). The molecule has 2 fully saturated rings. The molecule has 3 aromatic rings. The summed E-state index contributed by atoms with van der Waals surface area (Å²) in [6.45, 7) is 4.29. The van der Waals surface area contributed by atoms with Gasteiger partial charge in [0.25, 0.3) is 0 Å². The van der Waals surface area contributed by atoms with Gasteiger partial charge in [-0.3, -0.25) is 14.0 Å². The number of esters is 1. The molecule has 6 nitrogen and oxygen atoms in total. The molecule has 7 heteroatoms. The number of halogens is 1. The maximum Gasteiger partial charge on any atom is 0.354 e. The van der Waals surface area contributed by atoms with Crippen LogP contribution in [0.2, 0.25) is 0 Å². The number of aryl methyl sites for hydroxylation is 1. The Morgan fingerprint density at radius 1 is 1.00 bits per heavy atom. The third kappa shape index (κ3) is 5.95. The van der Waals surface area contributed by atoms with Crippen molar-refractivity contribution in [2.24, 2.45) is 24.8 Å². The Labute approximate surface area is 241 Å². The van der Waals surface area contributed by atoms with Crippen LogP contribution < -0.4 is 0 Å². The molecule has 0 spiro atoms. The van der Waals surface area contributed by atoms with Gasteiger partial charge in [0, 0.05) is 42.8 Å². The molecule has 0 radical (unpaired) electrons. The Kier molecular flexibility index (Phi) is 8.91. The van der Waals surface area contributed by atoms with Crippen molar-refractivity contribution in [3.8, 4) is 0 Å². The number of alkyl halides is 1. The molecule has 2 heterocycles. The number of rotatable bonds is 9. The van der Waals surface area contributed by atoms with Crippen molar-refractivity contribution in [3.05, 3.63) is 71.4 Å². The highest BCUT2D eigenvalue weighted by atomic mass is 19.1. The van der Waals surface area contributed by atoms with Crippen molar-refractivity contribution in [2.75, 3.05) is 19.8 Å². The number of nitrogens with zero attached hydrogens (tertiary/aromatic N) is 2. The summed E-state index contributed by atoms with van der Waals surface area (Å²) in [5, 5.41) is 0.874. The monoisotopic (exact) mass is 560 g/mol. The van der Waals surface area contributed by atoms with Crippen molar-refractivity contribution >= 4 is 28.6 Å². The maximum absolute atomic E-state index is 14.1. The number of amides is 1. The van der Waals surface area contributed by atoms with E-state index in [4.69, 9.17) is 4.74 Å². The molecule has 0 N–H and O–H groups in total. The van der Waals surface area contributed by atoms with E-state index in [2.05, 4.69) is 12.1 Å². The number of hydrogen-bond acceptors (Lipinski definition) is 4. The summed E-state index contributed by atoms with van der Waals surface area (Å²) in [6, 6.07) is 17.2. The molecular weight excluding hydrogens is 519 g/mol. The standard InChI is InChI=1S/C34H41FN2O4/c1-4-41-34(40)30-20-27-18-23(10-15-29(27)36(30)3)19-31(38)32-28(25-8-6-5-7-9-25)16-17-37(32)33(39)26-13-11-24(12-14-26)22(2)21-35/h5-10,15,18,20,22,24,26,28,32H,4,11-14,16-17,19,21H2,1-3H3/t22?,24?,26?,28-,32-/m0/s1. The van der Waals surface area contributed by atoms with Crippen LogP contribution in [0.5, 0.6) is 0 Å². The van der Waals surface area contributed by atoms with Crippen LogP contribution in [0.15, 0.2) is 54.6 Å². The highest BCUT2D eigenvalue weighted by Crippen LogP contribution is 2.39. The minimum absolute atomic E-state index is 0.0324. The van der Waals surface area contributed by atoms with Crippen molar-refractivity contribution in [3.63, 3.8) is 0 Å². The molecule has 1 unspecified atom stereocenters. The van der Waals surface area contributed by atoms with E-state index in [1.165, 1.54) is 0 Å². The highest BCUT2D eigenvalue weighted by molar-refractivity contribution is 5.97. The van der Waals surface area contributed by atoms with Crippen molar-refractivity contribution in [1.82, 2.24) is 9.47 Å². The van der Waals surface area contributed by atoms with Crippen LogP contribution in [0, 0.1) is 17.8 Å². The highest BCUT2D eigenvalue weighted by Gasteiger charge is 2.44. The Morgan fingerprint density at radius 3 is 2.41 bits per heavy atom. The molecule has 1 saturated carbocycles. The number of fused-ring (bicyclic) bond motifs is 1. The molecule has 41 heavy (non-hydrogen) atoms. The summed E-state index contributed by atoms with van der Waals surface area (Å²) >= 11 is 0. The summed E-state index contributed by atoms with van der Waals surface area (Å²) < 4.78 is 20.2. The number of ether oxygens (including phenoxy) is 1. The molecule has 3 atom stereocenters. The van der Waals surface area contributed by atoms with E-state index in [1.54, 1.807) is 13.0 Å². The zero-order valence-electron chi connectivity index (χ0n) is 24.4. The molecule has 0 bridgehead atoms. The molecule has 218 valence electrons. The molecule has 2 aliphatic rings. The van der Waals surface area contributed by atoms with Gasteiger partial charge in [-0.05, 0) is 80.2 Å². The summed E-state index contributed by atoms with van der Waals surface area (Å²) in [7, 11) is 1.83. The van der Waals surface area contributed by atoms with Crippen LogP contribution in [0.3, 0.4) is 0 Å². The van der Waals surface area contributed by atoms with Gasteiger partial charge in [-0.25, -0.2) is 4.79 Å². The van der Waals surface area contributed by atoms with Gasteiger partial charge in [0.2, 0.25) is 5.91 Å². The fourth-order valence-corrected chi connectivity index (χ4v) is 7.00. The summed E-state index contributed by atoms with van der Waals surface area (Å²) in [4.78, 5) is 42.2.